The van der Waals surface area contributed by atoms with Gasteiger partial charge in [-0.3, -0.25) is 0 Å². The topological polar surface area (TPSA) is 46.2 Å². The maximum absolute atomic E-state index is 13.1. The summed E-state index contributed by atoms with van der Waals surface area (Å²) in [7, 11) is -4.60. The van der Waals surface area contributed by atoms with Crippen LogP contribution >= 0.6 is 0 Å². The molecule has 3 nitrogen and oxygen atoms in total. The highest BCUT2D eigenvalue weighted by molar-refractivity contribution is 7.89. The van der Waals surface area contributed by atoms with E-state index in [0.717, 1.165) is 12.1 Å². The highest BCUT2D eigenvalue weighted by atomic mass is 32.2. The lowest BCUT2D eigenvalue weighted by molar-refractivity contribution is -0.122. The summed E-state index contributed by atoms with van der Waals surface area (Å²) in [5.41, 5.74) is 0. The monoisotopic (exact) mass is 289 g/mol. The Kier molecular flexibility index (Phi) is 4.28. The van der Waals surface area contributed by atoms with Crippen molar-refractivity contribution in [3.05, 3.63) is 30.1 Å². The Labute approximate surface area is 99.7 Å². The third kappa shape index (κ3) is 3.39. The Hall–Kier alpha value is -1.22. The lowest BCUT2D eigenvalue weighted by Crippen LogP contribution is -2.41. The first-order valence-corrected chi connectivity index (χ1v) is 6.05. The molecule has 0 aliphatic carbocycles. The molecule has 0 heterocycles. The van der Waals surface area contributed by atoms with Crippen molar-refractivity contribution in [2.24, 2.45) is 0 Å². The highest BCUT2D eigenvalue weighted by Gasteiger charge is 2.41. The summed E-state index contributed by atoms with van der Waals surface area (Å²) in [5, 5.41) is 0. The van der Waals surface area contributed by atoms with Gasteiger partial charge in [0.25, 0.3) is 0 Å². The van der Waals surface area contributed by atoms with E-state index in [-0.39, 0.29) is 0 Å². The fraction of sp³-hybridized carbons (Fsp3) is 0.333. The van der Waals surface area contributed by atoms with E-state index in [2.05, 4.69) is 0 Å². The molecule has 18 heavy (non-hydrogen) atoms. The average Bonchev–Trinajstić information content (AvgIpc) is 2.27. The minimum Gasteiger partial charge on any atom is -0.207 e. The molecule has 0 saturated carbocycles. The van der Waals surface area contributed by atoms with Crippen LogP contribution in [0.15, 0.2) is 29.2 Å². The molecule has 0 aromatic heterocycles. The molecular formula is C9H8F5NO2S. The molecule has 0 radical (unpaired) electrons. The predicted molar refractivity (Wildman–Crippen MR) is 52.5 cm³/mol. The lowest BCUT2D eigenvalue weighted by atomic mass is 10.3. The van der Waals surface area contributed by atoms with Gasteiger partial charge in [-0.25, -0.2) is 26.3 Å². The molecule has 0 aliphatic heterocycles. The van der Waals surface area contributed by atoms with Crippen LogP contribution in [-0.4, -0.2) is 27.3 Å². The van der Waals surface area contributed by atoms with Gasteiger partial charge in [-0.1, -0.05) is 12.1 Å². The fourth-order valence-corrected chi connectivity index (χ4v) is 2.13. The predicted octanol–water partition coefficient (Wildman–Crippen LogP) is 2.00. The Bertz CT molecular complexity index is 517. The number of rotatable bonds is 5. The summed E-state index contributed by atoms with van der Waals surface area (Å²) < 4.78 is 85.8. The van der Waals surface area contributed by atoms with Crippen molar-refractivity contribution in [3.63, 3.8) is 0 Å². The zero-order valence-corrected chi connectivity index (χ0v) is 9.52. The van der Waals surface area contributed by atoms with Crippen molar-refractivity contribution in [2.75, 3.05) is 6.54 Å². The molecule has 0 atom stereocenters. The van der Waals surface area contributed by atoms with E-state index < -0.39 is 39.6 Å². The number of halogens is 5. The Balaban J connectivity index is 2.88. The van der Waals surface area contributed by atoms with Crippen LogP contribution in [-0.2, 0) is 10.0 Å². The van der Waals surface area contributed by atoms with E-state index in [4.69, 9.17) is 0 Å². The number of sulfonamides is 1. The van der Waals surface area contributed by atoms with Crippen LogP contribution in [0.2, 0.25) is 0 Å². The van der Waals surface area contributed by atoms with Crippen LogP contribution < -0.4 is 4.72 Å². The minimum absolute atomic E-state index is 0.805. The summed E-state index contributed by atoms with van der Waals surface area (Å²) in [5.74, 6) is -5.68. The molecule has 0 unspecified atom stereocenters. The molecule has 0 aliphatic rings. The first kappa shape index (κ1) is 14.8. The number of hydrogen-bond acceptors (Lipinski definition) is 2. The first-order chi connectivity index (χ1) is 8.17. The largest absolute Gasteiger partial charge is 0.320 e. The Morgan fingerprint density at radius 1 is 1.22 bits per heavy atom. The van der Waals surface area contributed by atoms with Gasteiger partial charge in [-0.2, -0.15) is 8.78 Å². The summed E-state index contributed by atoms with van der Waals surface area (Å²) in [6.45, 7) is -1.80. The van der Waals surface area contributed by atoms with Gasteiger partial charge in [0.05, 0.1) is 6.54 Å². The summed E-state index contributed by atoms with van der Waals surface area (Å²) >= 11 is 0. The van der Waals surface area contributed by atoms with Crippen LogP contribution in [0.25, 0.3) is 0 Å². The van der Waals surface area contributed by atoms with Gasteiger partial charge in [0.1, 0.15) is 10.7 Å². The molecule has 1 rings (SSSR count). The molecule has 102 valence electrons. The van der Waals surface area contributed by atoms with E-state index in [0.29, 0.717) is 0 Å². The minimum atomic E-state index is -4.60. The maximum Gasteiger partial charge on any atom is 0.320 e. The van der Waals surface area contributed by atoms with Crippen molar-refractivity contribution in [1.29, 1.82) is 0 Å². The van der Waals surface area contributed by atoms with Gasteiger partial charge in [0, 0.05) is 0 Å². The molecule has 1 aromatic carbocycles. The zero-order valence-electron chi connectivity index (χ0n) is 8.71. The second-order valence-electron chi connectivity index (χ2n) is 3.32. The second kappa shape index (κ2) is 5.19. The van der Waals surface area contributed by atoms with E-state index in [9.17, 15) is 30.4 Å². The SMILES string of the molecule is O=S(=O)(NCC(F)(F)C(F)F)c1ccccc1F. The van der Waals surface area contributed by atoms with Crippen LogP contribution in [0, 0.1) is 5.82 Å². The first-order valence-electron chi connectivity index (χ1n) is 4.57. The smallest absolute Gasteiger partial charge is 0.207 e. The molecule has 0 fully saturated rings. The van der Waals surface area contributed by atoms with Crippen molar-refractivity contribution < 1.29 is 30.4 Å². The van der Waals surface area contributed by atoms with Crippen molar-refractivity contribution in [1.82, 2.24) is 4.72 Å². The molecule has 9 heteroatoms. The average molecular weight is 289 g/mol. The van der Waals surface area contributed by atoms with Crippen molar-refractivity contribution in [2.45, 2.75) is 17.2 Å². The van der Waals surface area contributed by atoms with E-state index in [1.165, 1.54) is 16.9 Å². The van der Waals surface area contributed by atoms with Crippen LogP contribution in [0.1, 0.15) is 0 Å². The van der Waals surface area contributed by atoms with Crippen LogP contribution in [0.3, 0.4) is 0 Å². The van der Waals surface area contributed by atoms with Crippen LogP contribution in [0.5, 0.6) is 0 Å². The van der Waals surface area contributed by atoms with Gasteiger partial charge in [0.2, 0.25) is 10.0 Å². The number of nitrogens with one attached hydrogen (secondary N) is 1. The maximum atomic E-state index is 13.1. The van der Waals surface area contributed by atoms with Crippen LogP contribution in [0.4, 0.5) is 22.0 Å². The summed E-state index contributed by atoms with van der Waals surface area (Å²) in [4.78, 5) is -0.880. The molecule has 0 amide bonds. The number of benzene rings is 1. The standard InChI is InChI=1S/C9H8F5NO2S/c10-6-3-1-2-4-7(6)18(16,17)15-5-9(13,14)8(11)12/h1-4,8,15H,5H2. The second-order valence-corrected chi connectivity index (χ2v) is 5.05. The molecule has 1 aromatic rings. The third-order valence-electron chi connectivity index (χ3n) is 1.94. The number of alkyl halides is 4. The molecular weight excluding hydrogens is 281 g/mol. The van der Waals surface area contributed by atoms with Crippen molar-refractivity contribution in [3.8, 4) is 0 Å². The fourth-order valence-electron chi connectivity index (χ4n) is 1.01. The third-order valence-corrected chi connectivity index (χ3v) is 3.38. The molecule has 0 saturated heterocycles. The summed E-state index contributed by atoms with van der Waals surface area (Å²) in [6, 6.07) is 4.00. The van der Waals surface area contributed by atoms with Gasteiger partial charge in [0.15, 0.2) is 0 Å². The zero-order chi connectivity index (χ0) is 14.0. The Morgan fingerprint density at radius 3 is 2.28 bits per heavy atom. The van der Waals surface area contributed by atoms with E-state index in [1.807, 2.05) is 0 Å². The summed E-state index contributed by atoms with van der Waals surface area (Å²) in [6.07, 6.45) is -4.01. The molecule has 0 spiro atoms. The van der Waals surface area contributed by atoms with Gasteiger partial charge >= 0.3 is 12.3 Å². The number of hydrogen-bond donors (Lipinski definition) is 1. The van der Waals surface area contributed by atoms with E-state index >= 15 is 0 Å². The normalized spacial score (nSPS) is 13.0. The molecule has 1 N–H and O–H groups in total. The van der Waals surface area contributed by atoms with Crippen molar-refractivity contribution >= 4 is 10.0 Å². The van der Waals surface area contributed by atoms with E-state index in [1.54, 1.807) is 0 Å². The van der Waals surface area contributed by atoms with Gasteiger partial charge in [-0.05, 0) is 12.1 Å². The lowest BCUT2D eigenvalue weighted by Gasteiger charge is -2.16. The Morgan fingerprint density at radius 2 is 1.78 bits per heavy atom. The van der Waals surface area contributed by atoms with Gasteiger partial charge in [-0.15, -0.1) is 0 Å². The quantitative estimate of drug-likeness (QED) is 0.843. The molecule has 0 bridgehead atoms. The highest BCUT2D eigenvalue weighted by Crippen LogP contribution is 2.22. The van der Waals surface area contributed by atoms with Gasteiger partial charge < -0.3 is 0 Å².